The second kappa shape index (κ2) is 9.50. The molecule has 1 aliphatic heterocycles. The summed E-state index contributed by atoms with van der Waals surface area (Å²) in [5.74, 6) is -0.389. The minimum atomic E-state index is -3.66. The van der Waals surface area contributed by atoms with Crippen molar-refractivity contribution in [3.8, 4) is 0 Å². The molecule has 2 aromatic rings. The minimum Gasteiger partial charge on any atom is -0.345 e. The molecule has 0 bridgehead atoms. The van der Waals surface area contributed by atoms with Crippen LogP contribution in [0, 0.1) is 13.8 Å². The van der Waals surface area contributed by atoms with Crippen LogP contribution < -0.4 is 5.32 Å². The molecule has 3 rings (SSSR count). The van der Waals surface area contributed by atoms with E-state index in [1.54, 1.807) is 0 Å². The topological polar surface area (TPSA) is 66.5 Å². The lowest BCUT2D eigenvalue weighted by Gasteiger charge is -2.21. The van der Waals surface area contributed by atoms with Gasteiger partial charge < -0.3 is 5.32 Å². The molecule has 1 heterocycles. The molecule has 162 valence electrons. The third-order valence-corrected chi connectivity index (χ3v) is 7.85. The number of halogens is 1. The van der Waals surface area contributed by atoms with Gasteiger partial charge in [-0.05, 0) is 62.9 Å². The molecule has 30 heavy (non-hydrogen) atoms. The third-order valence-electron chi connectivity index (χ3n) is 5.62. The van der Waals surface area contributed by atoms with Gasteiger partial charge in [-0.25, -0.2) is 8.42 Å². The van der Waals surface area contributed by atoms with Crippen LogP contribution in [0.4, 0.5) is 0 Å². The van der Waals surface area contributed by atoms with Crippen molar-refractivity contribution in [2.24, 2.45) is 0 Å². The van der Waals surface area contributed by atoms with Crippen molar-refractivity contribution in [3.63, 3.8) is 0 Å². The molecule has 1 N–H and O–H groups in total. The van der Waals surface area contributed by atoms with Gasteiger partial charge in [0.25, 0.3) is 5.91 Å². The summed E-state index contributed by atoms with van der Waals surface area (Å²) in [6.07, 6.45) is 3.79. The summed E-state index contributed by atoms with van der Waals surface area (Å²) >= 11 is 6.27. The normalized spacial score (nSPS) is 16.7. The highest BCUT2D eigenvalue weighted by Crippen LogP contribution is 2.26. The van der Waals surface area contributed by atoms with Crippen molar-refractivity contribution in [2.45, 2.75) is 57.4 Å². The summed E-state index contributed by atoms with van der Waals surface area (Å²) in [6.45, 7) is 6.95. The summed E-state index contributed by atoms with van der Waals surface area (Å²) in [4.78, 5) is 13.0. The van der Waals surface area contributed by atoms with Crippen molar-refractivity contribution >= 4 is 27.5 Å². The molecule has 5 nitrogen and oxygen atoms in total. The maximum atomic E-state index is 13.1. The van der Waals surface area contributed by atoms with E-state index in [1.807, 2.05) is 32.9 Å². The van der Waals surface area contributed by atoms with Crippen molar-refractivity contribution < 1.29 is 13.2 Å². The number of nitrogens with zero attached hydrogens (tertiary/aromatic N) is 1. The highest BCUT2D eigenvalue weighted by Gasteiger charge is 2.27. The number of rotatable bonds is 5. The number of sulfonamides is 1. The van der Waals surface area contributed by atoms with Crippen molar-refractivity contribution in [1.82, 2.24) is 9.62 Å². The molecule has 1 amide bonds. The number of carbonyl (C=O) groups is 1. The van der Waals surface area contributed by atoms with Gasteiger partial charge in [-0.2, -0.15) is 4.31 Å². The van der Waals surface area contributed by atoms with Crippen LogP contribution >= 0.6 is 11.6 Å². The molecule has 2 aromatic carbocycles. The zero-order valence-corrected chi connectivity index (χ0v) is 19.3. The number of hydrogen-bond donors (Lipinski definition) is 1. The molecule has 1 fully saturated rings. The Morgan fingerprint density at radius 2 is 1.70 bits per heavy atom. The first-order chi connectivity index (χ1) is 14.2. The Morgan fingerprint density at radius 3 is 2.33 bits per heavy atom. The molecule has 0 saturated carbocycles. The molecule has 0 unspecified atom stereocenters. The Bertz CT molecular complexity index is 1030. The van der Waals surface area contributed by atoms with Crippen LogP contribution in [0.25, 0.3) is 0 Å². The molecular formula is C23H29ClN2O3S. The van der Waals surface area contributed by atoms with Gasteiger partial charge in [-0.1, -0.05) is 48.2 Å². The highest BCUT2D eigenvalue weighted by atomic mass is 35.5. The third kappa shape index (κ3) is 5.05. The van der Waals surface area contributed by atoms with Crippen LogP contribution in [0.5, 0.6) is 0 Å². The fraction of sp³-hybridized carbons (Fsp3) is 0.435. The molecule has 1 atom stereocenters. The maximum Gasteiger partial charge on any atom is 0.253 e. The van der Waals surface area contributed by atoms with E-state index in [1.165, 1.54) is 22.5 Å². The standard InChI is InChI=1S/C23H29ClN2O3S/c1-16-8-10-20(17(2)14-16)18(3)25-23(27)21-15-19(9-11-22(21)24)30(28,29)26-12-6-4-5-7-13-26/h8-11,14-15,18H,4-7,12-13H2,1-3H3,(H,25,27)/t18-/m0/s1. The van der Waals surface area contributed by atoms with Crippen molar-refractivity contribution in [3.05, 3.63) is 63.7 Å². The van der Waals surface area contributed by atoms with Gasteiger partial charge in [0.2, 0.25) is 10.0 Å². The molecule has 0 aromatic heterocycles. The Morgan fingerprint density at radius 1 is 1.03 bits per heavy atom. The molecule has 0 spiro atoms. The Kier molecular flexibility index (Phi) is 7.22. The SMILES string of the molecule is Cc1ccc([C@H](C)NC(=O)c2cc(S(=O)(=O)N3CCCCCC3)ccc2Cl)c(C)c1. The molecule has 1 aliphatic rings. The number of hydrogen-bond acceptors (Lipinski definition) is 3. The number of aryl methyl sites for hydroxylation is 2. The van der Waals surface area contributed by atoms with E-state index >= 15 is 0 Å². The number of carbonyl (C=O) groups excluding carboxylic acids is 1. The summed E-state index contributed by atoms with van der Waals surface area (Å²) in [5, 5.41) is 3.18. The quantitative estimate of drug-likeness (QED) is 0.698. The van der Waals surface area contributed by atoms with E-state index in [9.17, 15) is 13.2 Å². The maximum absolute atomic E-state index is 13.1. The highest BCUT2D eigenvalue weighted by molar-refractivity contribution is 7.89. The van der Waals surface area contributed by atoms with E-state index in [-0.39, 0.29) is 27.4 Å². The van der Waals surface area contributed by atoms with Gasteiger partial charge in [0.15, 0.2) is 0 Å². The number of nitrogens with one attached hydrogen (secondary N) is 1. The first-order valence-corrected chi connectivity index (χ1v) is 12.2. The lowest BCUT2D eigenvalue weighted by atomic mass is 10.00. The zero-order valence-electron chi connectivity index (χ0n) is 17.7. The average molecular weight is 449 g/mol. The predicted molar refractivity (Wildman–Crippen MR) is 120 cm³/mol. The minimum absolute atomic E-state index is 0.109. The van der Waals surface area contributed by atoms with Gasteiger partial charge in [0.1, 0.15) is 0 Å². The fourth-order valence-electron chi connectivity index (χ4n) is 3.93. The summed E-state index contributed by atoms with van der Waals surface area (Å²) in [5.41, 5.74) is 3.43. The fourth-order valence-corrected chi connectivity index (χ4v) is 5.68. The molecule has 7 heteroatoms. The zero-order chi connectivity index (χ0) is 21.9. The summed E-state index contributed by atoms with van der Waals surface area (Å²) in [6, 6.07) is 10.2. The Balaban J connectivity index is 1.84. The van der Waals surface area contributed by atoms with Gasteiger partial charge in [-0.15, -0.1) is 0 Å². The smallest absolute Gasteiger partial charge is 0.253 e. The van der Waals surface area contributed by atoms with E-state index in [0.717, 1.165) is 42.4 Å². The summed E-state index contributed by atoms with van der Waals surface area (Å²) < 4.78 is 27.7. The largest absolute Gasteiger partial charge is 0.345 e. The summed E-state index contributed by atoms with van der Waals surface area (Å²) in [7, 11) is -3.66. The predicted octanol–water partition coefficient (Wildman–Crippen LogP) is 5.01. The van der Waals surface area contributed by atoms with E-state index in [0.29, 0.717) is 13.1 Å². The monoisotopic (exact) mass is 448 g/mol. The number of amides is 1. The van der Waals surface area contributed by atoms with Crippen LogP contribution in [0.3, 0.4) is 0 Å². The van der Waals surface area contributed by atoms with Crippen LogP contribution in [-0.2, 0) is 10.0 Å². The Hall–Kier alpha value is -1.89. The van der Waals surface area contributed by atoms with Crippen LogP contribution in [0.1, 0.15) is 65.7 Å². The van der Waals surface area contributed by atoms with E-state index in [4.69, 9.17) is 11.6 Å². The molecular weight excluding hydrogens is 420 g/mol. The molecule has 1 saturated heterocycles. The van der Waals surface area contributed by atoms with Gasteiger partial charge in [0.05, 0.1) is 21.5 Å². The van der Waals surface area contributed by atoms with Crippen LogP contribution in [0.15, 0.2) is 41.3 Å². The van der Waals surface area contributed by atoms with Crippen LogP contribution in [-0.4, -0.2) is 31.7 Å². The molecule has 0 radical (unpaired) electrons. The number of benzene rings is 2. The van der Waals surface area contributed by atoms with Gasteiger partial charge >= 0.3 is 0 Å². The van der Waals surface area contributed by atoms with E-state index < -0.39 is 10.0 Å². The van der Waals surface area contributed by atoms with Gasteiger partial charge in [-0.3, -0.25) is 4.79 Å². The first-order valence-electron chi connectivity index (χ1n) is 10.4. The lowest BCUT2D eigenvalue weighted by Crippen LogP contribution is -2.32. The second-order valence-corrected chi connectivity index (χ2v) is 10.4. The van der Waals surface area contributed by atoms with E-state index in [2.05, 4.69) is 11.4 Å². The van der Waals surface area contributed by atoms with Crippen molar-refractivity contribution in [1.29, 1.82) is 0 Å². The average Bonchev–Trinajstić information content (AvgIpc) is 2.98. The van der Waals surface area contributed by atoms with Crippen LogP contribution in [0.2, 0.25) is 5.02 Å². The van der Waals surface area contributed by atoms with Crippen molar-refractivity contribution in [2.75, 3.05) is 13.1 Å². The lowest BCUT2D eigenvalue weighted by molar-refractivity contribution is 0.0939. The first kappa shape index (κ1) is 22.8. The second-order valence-electron chi connectivity index (χ2n) is 8.02. The Labute approximate surface area is 184 Å². The molecule has 0 aliphatic carbocycles. The van der Waals surface area contributed by atoms with Gasteiger partial charge in [0, 0.05) is 13.1 Å².